The van der Waals surface area contributed by atoms with E-state index >= 15 is 0 Å². The Bertz CT molecular complexity index is 973. The quantitative estimate of drug-likeness (QED) is 0.309. The molecule has 1 aromatic heterocycles. The summed E-state index contributed by atoms with van der Waals surface area (Å²) in [5.41, 5.74) is 2.98. The standard InChI is InChI=1S/C18H18ClN3O.C2H2O4/c19-15-7-5-13(6-8-15)18(23)21-10-9-20-11-14-12-22-17-4-2-1-3-16(14)17;3-1(4)2(5)6/h1-8,12,20,22H,9-11H2,(H,21,23);(H,3,4)(H,5,6). The van der Waals surface area contributed by atoms with Crippen molar-refractivity contribution in [2.24, 2.45) is 0 Å². The maximum atomic E-state index is 11.9. The van der Waals surface area contributed by atoms with Gasteiger partial charge in [0.25, 0.3) is 5.91 Å². The average Bonchev–Trinajstić information content (AvgIpc) is 3.12. The first-order valence-corrected chi connectivity index (χ1v) is 9.02. The predicted octanol–water partition coefficient (Wildman–Crippen LogP) is 2.50. The van der Waals surface area contributed by atoms with E-state index < -0.39 is 11.9 Å². The van der Waals surface area contributed by atoms with Crippen LogP contribution in [-0.4, -0.2) is 46.1 Å². The van der Waals surface area contributed by atoms with Crippen LogP contribution >= 0.6 is 11.6 Å². The fraction of sp³-hybridized carbons (Fsp3) is 0.150. The second-order valence-electron chi connectivity index (χ2n) is 5.91. The Kier molecular flexibility index (Phi) is 8.20. The lowest BCUT2D eigenvalue weighted by Crippen LogP contribution is -2.31. The van der Waals surface area contributed by atoms with Crippen molar-refractivity contribution < 1.29 is 24.6 Å². The summed E-state index contributed by atoms with van der Waals surface area (Å²) >= 11 is 5.81. The minimum absolute atomic E-state index is 0.0874. The normalized spacial score (nSPS) is 10.1. The lowest BCUT2D eigenvalue weighted by atomic mass is 10.2. The van der Waals surface area contributed by atoms with Gasteiger partial charge in [-0.05, 0) is 35.9 Å². The number of hydrogen-bond acceptors (Lipinski definition) is 4. The predicted molar refractivity (Wildman–Crippen MR) is 109 cm³/mol. The number of aromatic nitrogens is 1. The van der Waals surface area contributed by atoms with Crippen LogP contribution in [0.3, 0.4) is 0 Å². The van der Waals surface area contributed by atoms with E-state index in [1.165, 1.54) is 10.9 Å². The number of carbonyl (C=O) groups excluding carboxylic acids is 1. The van der Waals surface area contributed by atoms with Gasteiger partial charge >= 0.3 is 11.9 Å². The summed E-state index contributed by atoms with van der Waals surface area (Å²) in [7, 11) is 0. The van der Waals surface area contributed by atoms with Gasteiger partial charge in [-0.25, -0.2) is 9.59 Å². The van der Waals surface area contributed by atoms with Crippen molar-refractivity contribution in [1.29, 1.82) is 0 Å². The number of amides is 1. The Balaban J connectivity index is 0.000000438. The zero-order chi connectivity index (χ0) is 21.2. The van der Waals surface area contributed by atoms with E-state index in [0.717, 1.165) is 12.1 Å². The van der Waals surface area contributed by atoms with Gasteiger partial charge in [0.1, 0.15) is 0 Å². The smallest absolute Gasteiger partial charge is 0.414 e. The maximum Gasteiger partial charge on any atom is 0.414 e. The van der Waals surface area contributed by atoms with Gasteiger partial charge in [-0.1, -0.05) is 29.8 Å². The monoisotopic (exact) mass is 417 g/mol. The molecule has 0 saturated carbocycles. The van der Waals surface area contributed by atoms with Gasteiger partial charge in [-0.2, -0.15) is 0 Å². The topological polar surface area (TPSA) is 132 Å². The third-order valence-electron chi connectivity index (χ3n) is 3.87. The van der Waals surface area contributed by atoms with Crippen LogP contribution in [0.25, 0.3) is 10.9 Å². The van der Waals surface area contributed by atoms with Gasteiger partial charge in [0.05, 0.1) is 0 Å². The molecule has 0 radical (unpaired) electrons. The molecule has 5 N–H and O–H groups in total. The number of para-hydroxylation sites is 1. The van der Waals surface area contributed by atoms with Crippen molar-refractivity contribution in [2.75, 3.05) is 13.1 Å². The second-order valence-corrected chi connectivity index (χ2v) is 6.35. The molecular formula is C20H20ClN3O5. The number of carboxylic acid groups (broad SMARTS) is 2. The molecule has 0 aliphatic rings. The highest BCUT2D eigenvalue weighted by molar-refractivity contribution is 6.30. The van der Waals surface area contributed by atoms with Crippen molar-refractivity contribution in [3.05, 3.63) is 70.9 Å². The van der Waals surface area contributed by atoms with E-state index in [-0.39, 0.29) is 5.91 Å². The average molecular weight is 418 g/mol. The first kappa shape index (κ1) is 21.9. The molecule has 3 rings (SSSR count). The van der Waals surface area contributed by atoms with E-state index in [0.29, 0.717) is 23.7 Å². The summed E-state index contributed by atoms with van der Waals surface area (Å²) in [6.45, 7) is 2.05. The molecule has 0 fully saturated rings. The van der Waals surface area contributed by atoms with Crippen LogP contribution in [0.15, 0.2) is 54.7 Å². The summed E-state index contributed by atoms with van der Waals surface area (Å²) in [5.74, 6) is -3.74. The molecule has 0 saturated heterocycles. The number of halogens is 1. The summed E-state index contributed by atoms with van der Waals surface area (Å²) in [6.07, 6.45) is 2.02. The third kappa shape index (κ3) is 6.95. The first-order valence-electron chi connectivity index (χ1n) is 8.64. The minimum atomic E-state index is -1.82. The number of rotatable bonds is 6. The number of fused-ring (bicyclic) bond motifs is 1. The molecular weight excluding hydrogens is 398 g/mol. The molecule has 0 unspecified atom stereocenters. The zero-order valence-corrected chi connectivity index (χ0v) is 16.1. The van der Waals surface area contributed by atoms with E-state index in [2.05, 4.69) is 27.8 Å². The number of H-pyrrole nitrogens is 1. The fourth-order valence-corrected chi connectivity index (χ4v) is 2.59. The fourth-order valence-electron chi connectivity index (χ4n) is 2.47. The lowest BCUT2D eigenvalue weighted by Gasteiger charge is -2.07. The van der Waals surface area contributed by atoms with E-state index in [1.807, 2.05) is 18.3 Å². The number of aromatic amines is 1. The summed E-state index contributed by atoms with van der Waals surface area (Å²) in [4.78, 5) is 33.4. The zero-order valence-electron chi connectivity index (χ0n) is 15.3. The van der Waals surface area contributed by atoms with Crippen LogP contribution in [0.1, 0.15) is 15.9 Å². The van der Waals surface area contributed by atoms with Crippen LogP contribution in [0.2, 0.25) is 5.02 Å². The Morgan fingerprint density at radius 2 is 1.59 bits per heavy atom. The van der Waals surface area contributed by atoms with Gasteiger partial charge in [0.15, 0.2) is 0 Å². The number of benzene rings is 2. The second kappa shape index (κ2) is 10.8. The SMILES string of the molecule is O=C(NCCNCc1c[nH]c2ccccc12)c1ccc(Cl)cc1.O=C(O)C(=O)O. The van der Waals surface area contributed by atoms with Crippen molar-refractivity contribution in [3.8, 4) is 0 Å². The number of nitrogens with one attached hydrogen (secondary N) is 3. The van der Waals surface area contributed by atoms with Crippen LogP contribution in [0.4, 0.5) is 0 Å². The molecule has 1 amide bonds. The molecule has 9 heteroatoms. The van der Waals surface area contributed by atoms with Crippen molar-refractivity contribution in [2.45, 2.75) is 6.54 Å². The molecule has 3 aromatic rings. The number of hydrogen-bond donors (Lipinski definition) is 5. The molecule has 0 spiro atoms. The lowest BCUT2D eigenvalue weighted by molar-refractivity contribution is -0.159. The van der Waals surface area contributed by atoms with E-state index in [9.17, 15) is 4.79 Å². The number of aliphatic carboxylic acids is 2. The Morgan fingerprint density at radius 1 is 0.931 bits per heavy atom. The molecule has 0 bridgehead atoms. The van der Waals surface area contributed by atoms with Gasteiger partial charge in [0, 0.05) is 47.3 Å². The van der Waals surface area contributed by atoms with Gasteiger partial charge in [-0.15, -0.1) is 0 Å². The third-order valence-corrected chi connectivity index (χ3v) is 4.12. The highest BCUT2D eigenvalue weighted by Gasteiger charge is 2.05. The van der Waals surface area contributed by atoms with Gasteiger partial charge in [-0.3, -0.25) is 4.79 Å². The van der Waals surface area contributed by atoms with Crippen molar-refractivity contribution >= 4 is 40.3 Å². The number of carboxylic acids is 2. The first-order chi connectivity index (χ1) is 13.9. The van der Waals surface area contributed by atoms with Gasteiger partial charge < -0.3 is 25.8 Å². The van der Waals surface area contributed by atoms with Crippen LogP contribution in [-0.2, 0) is 16.1 Å². The van der Waals surface area contributed by atoms with E-state index in [1.54, 1.807) is 24.3 Å². The Hall–Kier alpha value is -3.36. The molecule has 0 atom stereocenters. The van der Waals surface area contributed by atoms with Crippen LogP contribution < -0.4 is 10.6 Å². The van der Waals surface area contributed by atoms with E-state index in [4.69, 9.17) is 31.4 Å². The molecule has 0 aliphatic carbocycles. The maximum absolute atomic E-state index is 11.9. The van der Waals surface area contributed by atoms with Crippen LogP contribution in [0, 0.1) is 0 Å². The number of carbonyl (C=O) groups is 3. The molecule has 0 aliphatic heterocycles. The summed E-state index contributed by atoms with van der Waals surface area (Å²) in [5, 5.41) is 22.9. The molecule has 152 valence electrons. The minimum Gasteiger partial charge on any atom is -0.473 e. The van der Waals surface area contributed by atoms with Crippen molar-refractivity contribution in [1.82, 2.24) is 15.6 Å². The van der Waals surface area contributed by atoms with Crippen LogP contribution in [0.5, 0.6) is 0 Å². The molecule has 29 heavy (non-hydrogen) atoms. The molecule has 1 heterocycles. The molecule has 2 aromatic carbocycles. The Labute approximate surface area is 171 Å². The Morgan fingerprint density at radius 3 is 2.24 bits per heavy atom. The highest BCUT2D eigenvalue weighted by Crippen LogP contribution is 2.17. The van der Waals surface area contributed by atoms with Gasteiger partial charge in [0.2, 0.25) is 0 Å². The summed E-state index contributed by atoms with van der Waals surface area (Å²) in [6, 6.07) is 15.1. The largest absolute Gasteiger partial charge is 0.473 e. The highest BCUT2D eigenvalue weighted by atomic mass is 35.5. The van der Waals surface area contributed by atoms with Crippen molar-refractivity contribution in [3.63, 3.8) is 0 Å². The molecule has 8 nitrogen and oxygen atoms in total. The summed E-state index contributed by atoms with van der Waals surface area (Å²) < 4.78 is 0.